The third-order valence-corrected chi connectivity index (χ3v) is 3.49. The molecule has 0 aromatic heterocycles. The summed E-state index contributed by atoms with van der Waals surface area (Å²) in [4.78, 5) is 2.38. The van der Waals surface area contributed by atoms with Crippen LogP contribution in [0.3, 0.4) is 0 Å². The number of nitrogens with zero attached hydrogens (tertiary/aromatic N) is 1. The highest BCUT2D eigenvalue weighted by Gasteiger charge is 2.15. The SMILES string of the molecule is Fc1ccc(CN2CCCc3ccccc32)cc1. The van der Waals surface area contributed by atoms with Crippen LogP contribution in [-0.4, -0.2) is 6.54 Å². The van der Waals surface area contributed by atoms with Gasteiger partial charge in [-0.15, -0.1) is 0 Å². The molecule has 0 amide bonds. The minimum atomic E-state index is -0.169. The number of hydrogen-bond acceptors (Lipinski definition) is 1. The maximum absolute atomic E-state index is 12.9. The van der Waals surface area contributed by atoms with Gasteiger partial charge in [0.15, 0.2) is 0 Å². The fourth-order valence-corrected chi connectivity index (χ4v) is 2.59. The smallest absolute Gasteiger partial charge is 0.123 e. The molecule has 0 atom stereocenters. The Morgan fingerprint density at radius 1 is 1.00 bits per heavy atom. The van der Waals surface area contributed by atoms with Gasteiger partial charge >= 0.3 is 0 Å². The summed E-state index contributed by atoms with van der Waals surface area (Å²) in [6, 6.07) is 15.4. The van der Waals surface area contributed by atoms with Gasteiger partial charge in [0, 0.05) is 18.8 Å². The first kappa shape index (κ1) is 11.3. The fraction of sp³-hybridized carbons (Fsp3) is 0.250. The van der Waals surface area contributed by atoms with E-state index in [4.69, 9.17) is 0 Å². The zero-order valence-electron chi connectivity index (χ0n) is 10.3. The molecule has 1 aliphatic heterocycles. The van der Waals surface area contributed by atoms with E-state index < -0.39 is 0 Å². The van der Waals surface area contributed by atoms with Crippen LogP contribution in [0.1, 0.15) is 17.5 Å². The number of anilines is 1. The molecule has 0 saturated carbocycles. The van der Waals surface area contributed by atoms with E-state index in [1.54, 1.807) is 0 Å². The van der Waals surface area contributed by atoms with Crippen LogP contribution in [0.2, 0.25) is 0 Å². The van der Waals surface area contributed by atoms with Crippen molar-refractivity contribution in [2.75, 3.05) is 11.4 Å². The maximum Gasteiger partial charge on any atom is 0.123 e. The Hall–Kier alpha value is -1.83. The van der Waals surface area contributed by atoms with Crippen molar-refractivity contribution in [1.82, 2.24) is 0 Å². The molecular weight excluding hydrogens is 225 g/mol. The lowest BCUT2D eigenvalue weighted by atomic mass is 10.0. The van der Waals surface area contributed by atoms with E-state index >= 15 is 0 Å². The van der Waals surface area contributed by atoms with Crippen LogP contribution in [-0.2, 0) is 13.0 Å². The number of rotatable bonds is 2. The van der Waals surface area contributed by atoms with Gasteiger partial charge in [-0.05, 0) is 42.2 Å². The van der Waals surface area contributed by atoms with Crippen molar-refractivity contribution >= 4 is 5.69 Å². The molecule has 0 unspecified atom stereocenters. The van der Waals surface area contributed by atoms with Crippen molar-refractivity contribution < 1.29 is 4.39 Å². The molecule has 0 saturated heterocycles. The Morgan fingerprint density at radius 3 is 2.61 bits per heavy atom. The Kier molecular flexibility index (Phi) is 3.01. The zero-order chi connectivity index (χ0) is 12.4. The normalized spacial score (nSPS) is 14.4. The molecule has 0 fully saturated rings. The van der Waals surface area contributed by atoms with Crippen LogP contribution in [0.25, 0.3) is 0 Å². The second kappa shape index (κ2) is 4.81. The average molecular weight is 241 g/mol. The van der Waals surface area contributed by atoms with Crippen LogP contribution in [0.4, 0.5) is 10.1 Å². The first-order chi connectivity index (χ1) is 8.83. The van der Waals surface area contributed by atoms with E-state index in [1.807, 2.05) is 12.1 Å². The van der Waals surface area contributed by atoms with Crippen molar-refractivity contribution in [1.29, 1.82) is 0 Å². The van der Waals surface area contributed by atoms with Crippen LogP contribution < -0.4 is 4.90 Å². The number of para-hydroxylation sites is 1. The summed E-state index contributed by atoms with van der Waals surface area (Å²) in [6.07, 6.45) is 2.36. The summed E-state index contributed by atoms with van der Waals surface area (Å²) in [5.74, 6) is -0.169. The van der Waals surface area contributed by atoms with Crippen molar-refractivity contribution in [3.8, 4) is 0 Å². The quantitative estimate of drug-likeness (QED) is 0.773. The van der Waals surface area contributed by atoms with Crippen molar-refractivity contribution in [2.24, 2.45) is 0 Å². The van der Waals surface area contributed by atoms with Crippen LogP contribution in [0.15, 0.2) is 48.5 Å². The fourth-order valence-electron chi connectivity index (χ4n) is 2.59. The molecule has 2 aromatic rings. The maximum atomic E-state index is 12.9. The minimum absolute atomic E-state index is 0.169. The van der Waals surface area contributed by atoms with E-state index in [-0.39, 0.29) is 5.82 Å². The molecule has 0 N–H and O–H groups in total. The lowest BCUT2D eigenvalue weighted by Gasteiger charge is -2.31. The van der Waals surface area contributed by atoms with E-state index in [0.717, 1.165) is 25.1 Å². The molecule has 1 nitrogen and oxygen atoms in total. The molecular formula is C16H16FN. The van der Waals surface area contributed by atoms with Gasteiger partial charge in [-0.3, -0.25) is 0 Å². The lowest BCUT2D eigenvalue weighted by Crippen LogP contribution is -2.28. The monoisotopic (exact) mass is 241 g/mol. The number of fused-ring (bicyclic) bond motifs is 1. The third-order valence-electron chi connectivity index (χ3n) is 3.49. The van der Waals surface area contributed by atoms with E-state index in [0.29, 0.717) is 0 Å². The molecule has 2 heteroatoms. The van der Waals surface area contributed by atoms with Gasteiger partial charge in [0.2, 0.25) is 0 Å². The van der Waals surface area contributed by atoms with Crippen molar-refractivity contribution in [3.05, 3.63) is 65.5 Å². The number of aryl methyl sites for hydroxylation is 1. The predicted molar refractivity (Wildman–Crippen MR) is 72.2 cm³/mol. The Balaban J connectivity index is 1.84. The second-order valence-electron chi connectivity index (χ2n) is 4.78. The van der Waals surface area contributed by atoms with E-state index in [1.165, 1.54) is 29.8 Å². The largest absolute Gasteiger partial charge is 0.367 e. The summed E-state index contributed by atoms with van der Waals surface area (Å²) >= 11 is 0. The van der Waals surface area contributed by atoms with Crippen molar-refractivity contribution in [3.63, 3.8) is 0 Å². The van der Waals surface area contributed by atoms with E-state index in [9.17, 15) is 4.39 Å². The van der Waals surface area contributed by atoms with Crippen LogP contribution >= 0.6 is 0 Å². The molecule has 2 aromatic carbocycles. The van der Waals surface area contributed by atoms with Gasteiger partial charge < -0.3 is 4.90 Å². The Bertz CT molecular complexity index is 533. The first-order valence-electron chi connectivity index (χ1n) is 6.40. The number of benzene rings is 2. The van der Waals surface area contributed by atoms with Gasteiger partial charge in [0.05, 0.1) is 0 Å². The summed E-state index contributed by atoms with van der Waals surface area (Å²) in [6.45, 7) is 1.94. The van der Waals surface area contributed by atoms with Gasteiger partial charge in [0.25, 0.3) is 0 Å². The minimum Gasteiger partial charge on any atom is -0.367 e. The standard InChI is InChI=1S/C16H16FN/c17-15-9-7-13(8-10-15)12-18-11-3-5-14-4-1-2-6-16(14)18/h1-2,4,6-10H,3,5,11-12H2. The van der Waals surface area contributed by atoms with Gasteiger partial charge in [0.1, 0.15) is 5.82 Å². The molecule has 0 spiro atoms. The summed E-state index contributed by atoms with van der Waals surface area (Å²) in [7, 11) is 0. The molecule has 1 aliphatic rings. The van der Waals surface area contributed by atoms with Crippen molar-refractivity contribution in [2.45, 2.75) is 19.4 Å². The molecule has 0 aliphatic carbocycles. The Morgan fingerprint density at radius 2 is 1.78 bits per heavy atom. The number of halogens is 1. The van der Waals surface area contributed by atoms with Gasteiger partial charge in [-0.2, -0.15) is 0 Å². The van der Waals surface area contributed by atoms with Crippen LogP contribution in [0, 0.1) is 5.82 Å². The highest BCUT2D eigenvalue weighted by molar-refractivity contribution is 5.55. The van der Waals surface area contributed by atoms with E-state index in [2.05, 4.69) is 29.2 Å². The van der Waals surface area contributed by atoms with Crippen LogP contribution in [0.5, 0.6) is 0 Å². The molecule has 0 bridgehead atoms. The first-order valence-corrected chi connectivity index (χ1v) is 6.40. The number of hydrogen-bond donors (Lipinski definition) is 0. The van der Waals surface area contributed by atoms with Gasteiger partial charge in [-0.25, -0.2) is 4.39 Å². The predicted octanol–water partition coefficient (Wildman–Crippen LogP) is 3.78. The van der Waals surface area contributed by atoms with Gasteiger partial charge in [-0.1, -0.05) is 30.3 Å². The zero-order valence-corrected chi connectivity index (χ0v) is 10.3. The summed E-state index contributed by atoms with van der Waals surface area (Å²) in [5.41, 5.74) is 3.91. The average Bonchev–Trinajstić information content (AvgIpc) is 2.42. The molecule has 18 heavy (non-hydrogen) atoms. The molecule has 3 rings (SSSR count). The second-order valence-corrected chi connectivity index (χ2v) is 4.78. The molecule has 92 valence electrons. The summed E-state index contributed by atoms with van der Waals surface area (Å²) in [5, 5.41) is 0. The Labute approximate surface area is 107 Å². The topological polar surface area (TPSA) is 3.24 Å². The summed E-state index contributed by atoms with van der Waals surface area (Å²) < 4.78 is 12.9. The third kappa shape index (κ3) is 2.23. The molecule has 1 heterocycles. The highest BCUT2D eigenvalue weighted by atomic mass is 19.1. The highest BCUT2D eigenvalue weighted by Crippen LogP contribution is 2.27. The molecule has 0 radical (unpaired) electrons. The lowest BCUT2D eigenvalue weighted by molar-refractivity contribution is 0.626.